The number of nitrogens with two attached hydrogens (primary N) is 1. The molecule has 2 N–H and O–H groups in total. The summed E-state index contributed by atoms with van der Waals surface area (Å²) in [6, 6.07) is 8.03. The van der Waals surface area contributed by atoms with Gasteiger partial charge in [0.15, 0.2) is 0 Å². The van der Waals surface area contributed by atoms with Crippen LogP contribution < -0.4 is 10.6 Å². The first-order valence-electron chi connectivity index (χ1n) is 6.21. The lowest BCUT2D eigenvalue weighted by Crippen LogP contribution is -2.52. The summed E-state index contributed by atoms with van der Waals surface area (Å²) in [5.74, 6) is 0. The Balaban J connectivity index is 2.34. The highest BCUT2D eigenvalue weighted by atomic mass is 32.1. The van der Waals surface area contributed by atoms with Gasteiger partial charge in [0.2, 0.25) is 0 Å². The molecule has 1 aliphatic rings. The summed E-state index contributed by atoms with van der Waals surface area (Å²) < 4.78 is 5.92. The molecule has 2 rings (SSSR count). The molecule has 1 aromatic carbocycles. The van der Waals surface area contributed by atoms with Gasteiger partial charge in [-0.15, -0.1) is 0 Å². The third-order valence-electron chi connectivity index (χ3n) is 3.08. The minimum absolute atomic E-state index is 0.152. The first kappa shape index (κ1) is 13.3. The maximum absolute atomic E-state index is 5.92. The van der Waals surface area contributed by atoms with Crippen molar-refractivity contribution in [3.8, 4) is 0 Å². The predicted octanol–water partition coefficient (Wildman–Crippen LogP) is 2.32. The van der Waals surface area contributed by atoms with E-state index in [1.54, 1.807) is 0 Å². The topological polar surface area (TPSA) is 38.5 Å². The maximum Gasteiger partial charge on any atom is 0.106 e. The fourth-order valence-corrected chi connectivity index (χ4v) is 2.77. The minimum atomic E-state index is -0.152. The second-order valence-electron chi connectivity index (χ2n) is 5.45. The fourth-order valence-electron chi connectivity index (χ4n) is 2.59. The van der Waals surface area contributed by atoms with Gasteiger partial charge in [0.1, 0.15) is 4.99 Å². The van der Waals surface area contributed by atoms with Crippen LogP contribution in [0.4, 0.5) is 5.69 Å². The molecule has 1 unspecified atom stereocenters. The summed E-state index contributed by atoms with van der Waals surface area (Å²) in [6.45, 7) is 8.02. The van der Waals surface area contributed by atoms with Crippen molar-refractivity contribution >= 4 is 22.9 Å². The third-order valence-corrected chi connectivity index (χ3v) is 3.30. The Hall–Kier alpha value is -1.13. The summed E-state index contributed by atoms with van der Waals surface area (Å²) in [6.07, 6.45) is 0.202. The van der Waals surface area contributed by atoms with Crippen molar-refractivity contribution in [2.45, 2.75) is 32.5 Å². The Bertz CT molecular complexity index is 459. The lowest BCUT2D eigenvalue weighted by atomic mass is 10.0. The van der Waals surface area contributed by atoms with Crippen LogP contribution in [0.15, 0.2) is 24.3 Å². The number of thiocarbonyl (C=S) groups is 1. The van der Waals surface area contributed by atoms with Crippen molar-refractivity contribution in [3.05, 3.63) is 29.8 Å². The number of rotatable bonds is 2. The van der Waals surface area contributed by atoms with Crippen LogP contribution in [-0.2, 0) is 4.74 Å². The summed E-state index contributed by atoms with van der Waals surface area (Å²) in [5.41, 5.74) is 7.69. The molecule has 1 heterocycles. The van der Waals surface area contributed by atoms with Crippen molar-refractivity contribution in [2.24, 2.45) is 5.73 Å². The Kier molecular flexibility index (Phi) is 3.59. The Morgan fingerprint density at radius 3 is 2.72 bits per heavy atom. The molecule has 0 aliphatic carbocycles. The van der Waals surface area contributed by atoms with Crippen LogP contribution in [0.1, 0.15) is 26.3 Å². The highest BCUT2D eigenvalue weighted by molar-refractivity contribution is 7.80. The number of morpholine rings is 1. The standard InChI is InChI=1S/C14H20N2OS/c1-10-8-16(9-14(2,3)17-10)12-7-5-4-6-11(12)13(15)18/h4-7,10H,8-9H2,1-3H3,(H2,15,18). The molecule has 1 aromatic rings. The van der Waals surface area contributed by atoms with Gasteiger partial charge >= 0.3 is 0 Å². The first-order valence-corrected chi connectivity index (χ1v) is 6.61. The number of benzene rings is 1. The third kappa shape index (κ3) is 2.82. The smallest absolute Gasteiger partial charge is 0.106 e. The molecule has 0 aromatic heterocycles. The van der Waals surface area contributed by atoms with Gasteiger partial charge in [-0.2, -0.15) is 0 Å². The number of anilines is 1. The zero-order chi connectivity index (χ0) is 13.3. The monoisotopic (exact) mass is 264 g/mol. The first-order chi connectivity index (χ1) is 8.39. The lowest BCUT2D eigenvalue weighted by Gasteiger charge is -2.43. The van der Waals surface area contributed by atoms with Gasteiger partial charge < -0.3 is 15.4 Å². The molecule has 98 valence electrons. The predicted molar refractivity (Wildman–Crippen MR) is 79.2 cm³/mol. The highest BCUT2D eigenvalue weighted by Gasteiger charge is 2.32. The van der Waals surface area contributed by atoms with Crippen molar-refractivity contribution in [2.75, 3.05) is 18.0 Å². The molecule has 0 spiro atoms. The van der Waals surface area contributed by atoms with E-state index in [1.165, 1.54) is 0 Å². The lowest BCUT2D eigenvalue weighted by molar-refractivity contribution is -0.0749. The van der Waals surface area contributed by atoms with E-state index >= 15 is 0 Å². The van der Waals surface area contributed by atoms with Crippen LogP contribution in [0.2, 0.25) is 0 Å². The molecule has 0 amide bonds. The number of nitrogens with zero attached hydrogens (tertiary/aromatic N) is 1. The molecular formula is C14H20N2OS. The maximum atomic E-state index is 5.92. The van der Waals surface area contributed by atoms with Crippen molar-refractivity contribution in [1.29, 1.82) is 0 Å². The molecule has 1 saturated heterocycles. The molecular weight excluding hydrogens is 244 g/mol. The van der Waals surface area contributed by atoms with Gasteiger partial charge in [-0.1, -0.05) is 24.4 Å². The summed E-state index contributed by atoms with van der Waals surface area (Å²) in [4.78, 5) is 2.76. The van der Waals surface area contributed by atoms with E-state index in [1.807, 2.05) is 18.2 Å². The van der Waals surface area contributed by atoms with E-state index < -0.39 is 0 Å². The largest absolute Gasteiger partial charge is 0.389 e. The van der Waals surface area contributed by atoms with E-state index in [0.717, 1.165) is 24.3 Å². The molecule has 1 fully saturated rings. The molecule has 0 saturated carbocycles. The molecule has 18 heavy (non-hydrogen) atoms. The van der Waals surface area contributed by atoms with Crippen LogP contribution in [0.5, 0.6) is 0 Å². The Labute approximate surface area is 114 Å². The minimum Gasteiger partial charge on any atom is -0.389 e. The van der Waals surface area contributed by atoms with Gasteiger partial charge in [-0.25, -0.2) is 0 Å². The Morgan fingerprint density at radius 2 is 2.11 bits per heavy atom. The van der Waals surface area contributed by atoms with E-state index in [-0.39, 0.29) is 11.7 Å². The zero-order valence-corrected chi connectivity index (χ0v) is 12.0. The van der Waals surface area contributed by atoms with E-state index in [4.69, 9.17) is 22.7 Å². The molecule has 1 atom stereocenters. The normalized spacial score (nSPS) is 22.8. The quantitative estimate of drug-likeness (QED) is 0.832. The number of hydrogen-bond acceptors (Lipinski definition) is 3. The average molecular weight is 264 g/mol. The van der Waals surface area contributed by atoms with Gasteiger partial charge in [0.05, 0.1) is 11.7 Å². The van der Waals surface area contributed by atoms with Crippen molar-refractivity contribution < 1.29 is 4.74 Å². The van der Waals surface area contributed by atoms with Gasteiger partial charge in [0.25, 0.3) is 0 Å². The Morgan fingerprint density at radius 1 is 1.44 bits per heavy atom. The molecule has 3 nitrogen and oxygen atoms in total. The van der Waals surface area contributed by atoms with Gasteiger partial charge in [-0.3, -0.25) is 0 Å². The van der Waals surface area contributed by atoms with E-state index in [9.17, 15) is 0 Å². The number of ether oxygens (including phenoxy) is 1. The SMILES string of the molecule is CC1CN(c2ccccc2C(N)=S)CC(C)(C)O1. The van der Waals surface area contributed by atoms with Crippen molar-refractivity contribution in [1.82, 2.24) is 0 Å². The van der Waals surface area contributed by atoms with Crippen LogP contribution in [0, 0.1) is 0 Å². The van der Waals surface area contributed by atoms with Gasteiger partial charge in [0, 0.05) is 24.3 Å². The summed E-state index contributed by atoms with van der Waals surface area (Å²) in [7, 11) is 0. The van der Waals surface area contributed by atoms with E-state index in [0.29, 0.717) is 4.99 Å². The summed E-state index contributed by atoms with van der Waals surface area (Å²) >= 11 is 5.13. The average Bonchev–Trinajstić information content (AvgIpc) is 2.26. The molecule has 1 aliphatic heterocycles. The van der Waals surface area contributed by atoms with Gasteiger partial charge in [-0.05, 0) is 32.9 Å². The molecule has 4 heteroatoms. The fraction of sp³-hybridized carbons (Fsp3) is 0.500. The van der Waals surface area contributed by atoms with Crippen LogP contribution >= 0.6 is 12.2 Å². The van der Waals surface area contributed by atoms with Crippen LogP contribution in [-0.4, -0.2) is 29.8 Å². The summed E-state index contributed by atoms with van der Waals surface area (Å²) in [5, 5.41) is 0. The van der Waals surface area contributed by atoms with Crippen LogP contribution in [0.25, 0.3) is 0 Å². The van der Waals surface area contributed by atoms with E-state index in [2.05, 4.69) is 31.7 Å². The van der Waals surface area contributed by atoms with Crippen molar-refractivity contribution in [3.63, 3.8) is 0 Å². The highest BCUT2D eigenvalue weighted by Crippen LogP contribution is 2.28. The zero-order valence-electron chi connectivity index (χ0n) is 11.1. The second kappa shape index (κ2) is 4.86. The van der Waals surface area contributed by atoms with Crippen LogP contribution in [0.3, 0.4) is 0 Å². The second-order valence-corrected chi connectivity index (χ2v) is 5.89. The number of hydrogen-bond donors (Lipinski definition) is 1. The molecule has 0 bridgehead atoms. The molecule has 0 radical (unpaired) electrons. The number of para-hydroxylation sites is 1.